The molecule has 1 saturated carbocycles. The lowest BCUT2D eigenvalue weighted by Crippen LogP contribution is -2.41. The van der Waals surface area contributed by atoms with Gasteiger partial charge >= 0.3 is 0 Å². The molecule has 2 aromatic rings. The van der Waals surface area contributed by atoms with Crippen LogP contribution in [0.15, 0.2) is 48.5 Å². The molecule has 1 fully saturated rings. The highest BCUT2D eigenvalue weighted by Gasteiger charge is 2.27. The summed E-state index contributed by atoms with van der Waals surface area (Å²) in [4.78, 5) is 23.6. The first-order valence-corrected chi connectivity index (χ1v) is 12.4. The fourth-order valence-corrected chi connectivity index (χ4v) is 5.40. The number of nitro groups is 1. The first-order valence-electron chi connectivity index (χ1n) is 10.8. The Bertz CT molecular complexity index is 1050. The molecular weight excluding hydrogens is 430 g/mol. The largest absolute Gasteiger partial charge is 0.311 e. The molecule has 0 unspecified atom stereocenters. The lowest BCUT2D eigenvalue weighted by atomic mass is 9.96. The number of nitrogens with zero attached hydrogens (tertiary/aromatic N) is 2. The van der Waals surface area contributed by atoms with Gasteiger partial charge in [-0.2, -0.15) is 0 Å². The second kappa shape index (κ2) is 10.8. The van der Waals surface area contributed by atoms with E-state index < -0.39 is 14.9 Å². The third kappa shape index (κ3) is 5.99. The molecule has 2 aromatic carbocycles. The van der Waals surface area contributed by atoms with Crippen molar-refractivity contribution in [3.63, 3.8) is 0 Å². The van der Waals surface area contributed by atoms with Gasteiger partial charge in [-0.15, -0.1) is 0 Å². The van der Waals surface area contributed by atoms with Crippen LogP contribution in [0.2, 0.25) is 0 Å². The third-order valence-electron chi connectivity index (χ3n) is 5.95. The predicted octanol–water partition coefficient (Wildman–Crippen LogP) is 3.51. The Morgan fingerprint density at radius 1 is 1.09 bits per heavy atom. The molecule has 0 spiro atoms. The van der Waals surface area contributed by atoms with Gasteiger partial charge in [-0.3, -0.25) is 14.9 Å². The van der Waals surface area contributed by atoms with Crippen molar-refractivity contribution in [1.29, 1.82) is 0 Å². The summed E-state index contributed by atoms with van der Waals surface area (Å²) in [6, 6.07) is 13.0. The minimum Gasteiger partial charge on any atom is -0.311 e. The molecule has 32 heavy (non-hydrogen) atoms. The number of carbonyl (C=O) groups is 1. The van der Waals surface area contributed by atoms with E-state index in [1.54, 1.807) is 31.3 Å². The Balaban J connectivity index is 1.64. The number of hydrogen-bond acceptors (Lipinski definition) is 6. The van der Waals surface area contributed by atoms with Crippen molar-refractivity contribution in [1.82, 2.24) is 9.62 Å². The van der Waals surface area contributed by atoms with Crippen molar-refractivity contribution >= 4 is 21.5 Å². The molecule has 8 nitrogen and oxygen atoms in total. The quantitative estimate of drug-likeness (QED) is 0.252. The van der Waals surface area contributed by atoms with E-state index in [0.29, 0.717) is 16.7 Å². The number of nitro benzene ring substituents is 1. The third-order valence-corrected chi connectivity index (χ3v) is 7.85. The molecule has 0 amide bonds. The van der Waals surface area contributed by atoms with Crippen LogP contribution in [0, 0.1) is 10.1 Å². The summed E-state index contributed by atoms with van der Waals surface area (Å²) in [6.07, 6.45) is 5.01. The van der Waals surface area contributed by atoms with Crippen molar-refractivity contribution in [2.24, 2.45) is 0 Å². The number of nitrogens with one attached hydrogen (secondary N) is 1. The normalized spacial score (nSPS) is 15.1. The Labute approximate surface area is 188 Å². The van der Waals surface area contributed by atoms with E-state index >= 15 is 0 Å². The lowest BCUT2D eigenvalue weighted by molar-refractivity contribution is -0.385. The van der Waals surface area contributed by atoms with E-state index in [9.17, 15) is 23.3 Å². The number of benzene rings is 2. The maximum absolute atomic E-state index is 12.7. The molecule has 3 rings (SSSR count). The van der Waals surface area contributed by atoms with Crippen molar-refractivity contribution in [2.75, 3.05) is 19.3 Å². The predicted molar refractivity (Wildman–Crippen MR) is 123 cm³/mol. The van der Waals surface area contributed by atoms with Gasteiger partial charge < -0.3 is 5.32 Å². The summed E-state index contributed by atoms with van der Waals surface area (Å²) < 4.78 is 26.8. The molecular formula is C23H29N3O5S. The van der Waals surface area contributed by atoms with E-state index in [2.05, 4.69) is 5.32 Å². The van der Waals surface area contributed by atoms with Gasteiger partial charge in [0.05, 0.1) is 10.7 Å². The standard InChI is InChI=1S/C23H29N3O5S/c1-25(21-10-6-3-7-11-21)32(30,31)15-14-24-17-20-16-19(12-13-22(20)26(28)29)23(27)18-8-4-2-5-9-18/h2,4-5,8-9,12-13,16,21,24H,3,6-7,10-11,14-15,17H2,1H3. The van der Waals surface area contributed by atoms with Crippen LogP contribution in [0.4, 0.5) is 5.69 Å². The van der Waals surface area contributed by atoms with Gasteiger partial charge in [0.1, 0.15) is 0 Å². The number of hydrogen-bond donors (Lipinski definition) is 1. The van der Waals surface area contributed by atoms with Crippen molar-refractivity contribution in [2.45, 2.75) is 44.7 Å². The SMILES string of the molecule is CN(C1CCCCC1)S(=O)(=O)CCNCc1cc(C(=O)c2ccccc2)ccc1[N+](=O)[O-]. The summed E-state index contributed by atoms with van der Waals surface area (Å²) in [5.74, 6) is -0.311. The zero-order valence-corrected chi connectivity index (χ0v) is 19.0. The molecule has 0 atom stereocenters. The number of ketones is 1. The van der Waals surface area contributed by atoms with Crippen LogP contribution < -0.4 is 5.32 Å². The molecule has 1 aliphatic carbocycles. The minimum atomic E-state index is -3.42. The van der Waals surface area contributed by atoms with Gasteiger partial charge in [0.25, 0.3) is 5.69 Å². The monoisotopic (exact) mass is 459 g/mol. The van der Waals surface area contributed by atoms with Gasteiger partial charge in [-0.05, 0) is 25.0 Å². The molecule has 0 bridgehead atoms. The molecule has 0 heterocycles. The zero-order valence-electron chi connectivity index (χ0n) is 18.2. The summed E-state index contributed by atoms with van der Waals surface area (Å²) in [5.41, 5.74) is 1.08. The molecule has 0 aliphatic heterocycles. The fourth-order valence-electron chi connectivity index (χ4n) is 4.04. The Morgan fingerprint density at radius 3 is 2.44 bits per heavy atom. The van der Waals surface area contributed by atoms with Gasteiger partial charge in [0.15, 0.2) is 5.78 Å². The number of rotatable bonds is 10. The van der Waals surface area contributed by atoms with Crippen molar-refractivity contribution < 1.29 is 18.1 Å². The minimum absolute atomic E-state index is 0.0514. The second-order valence-corrected chi connectivity index (χ2v) is 10.2. The van der Waals surface area contributed by atoms with E-state index in [1.807, 2.05) is 6.07 Å². The van der Waals surface area contributed by atoms with Crippen LogP contribution in [0.1, 0.15) is 53.6 Å². The smallest absolute Gasteiger partial charge is 0.273 e. The van der Waals surface area contributed by atoms with Crippen LogP contribution in [0.3, 0.4) is 0 Å². The highest BCUT2D eigenvalue weighted by atomic mass is 32.2. The number of carbonyl (C=O) groups excluding carboxylic acids is 1. The maximum Gasteiger partial charge on any atom is 0.273 e. The summed E-state index contributed by atoms with van der Waals surface area (Å²) in [5, 5.41) is 14.4. The Kier molecular flexibility index (Phi) is 8.11. The Morgan fingerprint density at radius 2 is 1.78 bits per heavy atom. The molecule has 1 aliphatic rings. The van der Waals surface area contributed by atoms with Crippen molar-refractivity contribution in [3.8, 4) is 0 Å². The first-order chi connectivity index (χ1) is 15.3. The topological polar surface area (TPSA) is 110 Å². The van der Waals surface area contributed by atoms with Gasteiger partial charge in [-0.25, -0.2) is 12.7 Å². The van der Waals surface area contributed by atoms with E-state index in [4.69, 9.17) is 0 Å². The van der Waals surface area contributed by atoms with E-state index in [0.717, 1.165) is 32.1 Å². The molecule has 172 valence electrons. The summed E-state index contributed by atoms with van der Waals surface area (Å²) in [6.45, 7) is 0.252. The van der Waals surface area contributed by atoms with E-state index in [1.165, 1.54) is 22.5 Å². The number of sulfonamides is 1. The van der Waals surface area contributed by atoms with E-state index in [-0.39, 0.29) is 36.4 Å². The van der Waals surface area contributed by atoms with Crippen LogP contribution in [0.5, 0.6) is 0 Å². The first kappa shape index (κ1) is 24.0. The van der Waals surface area contributed by atoms with Crippen LogP contribution >= 0.6 is 0 Å². The van der Waals surface area contributed by atoms with Gasteiger partial charge in [0.2, 0.25) is 10.0 Å². The van der Waals surface area contributed by atoms with Crippen LogP contribution in [-0.2, 0) is 16.6 Å². The molecule has 0 aromatic heterocycles. The fraction of sp³-hybridized carbons (Fsp3) is 0.435. The molecule has 0 radical (unpaired) electrons. The summed E-state index contributed by atoms with van der Waals surface area (Å²) >= 11 is 0. The molecule has 0 saturated heterocycles. The van der Waals surface area contributed by atoms with Gasteiger partial charge in [0, 0.05) is 48.9 Å². The Hall–Kier alpha value is -2.62. The molecule has 9 heteroatoms. The highest BCUT2D eigenvalue weighted by Crippen LogP contribution is 2.24. The maximum atomic E-state index is 12.7. The van der Waals surface area contributed by atoms with Gasteiger partial charge in [-0.1, -0.05) is 49.6 Å². The van der Waals surface area contributed by atoms with Crippen LogP contribution in [0.25, 0.3) is 0 Å². The highest BCUT2D eigenvalue weighted by molar-refractivity contribution is 7.89. The average Bonchev–Trinajstić information content (AvgIpc) is 2.81. The average molecular weight is 460 g/mol. The molecule has 1 N–H and O–H groups in total. The second-order valence-electron chi connectivity index (χ2n) is 8.10. The zero-order chi connectivity index (χ0) is 23.1. The van der Waals surface area contributed by atoms with Crippen LogP contribution in [-0.4, -0.2) is 48.8 Å². The lowest BCUT2D eigenvalue weighted by Gasteiger charge is -2.30. The van der Waals surface area contributed by atoms with Crippen molar-refractivity contribution in [3.05, 3.63) is 75.3 Å². The summed E-state index contributed by atoms with van der Waals surface area (Å²) in [7, 11) is -1.78.